The number of rotatable bonds is 6. The molecule has 0 fully saturated rings. The minimum atomic E-state index is -0.494. The fraction of sp³-hybridized carbons (Fsp3) is 0.176. The van der Waals surface area contributed by atoms with Crippen molar-refractivity contribution in [1.82, 2.24) is 9.97 Å². The molecule has 0 atom stereocenters. The number of pyridine rings is 2. The monoisotopic (exact) mass is 390 g/mol. The van der Waals surface area contributed by atoms with Crippen LogP contribution in [0.2, 0.25) is 0 Å². The molecule has 0 radical (unpaired) electrons. The minimum Gasteiger partial charge on any atom is -0.495 e. The van der Waals surface area contributed by atoms with Crippen LogP contribution < -0.4 is 15.4 Å². The number of fused-ring (bicyclic) bond motifs is 1. The SMILES string of the molecule is COc1cc2nccc(NCCNc3cccc(F)n3)c2cc1Br. The number of nitrogens with one attached hydrogen (secondary N) is 2. The molecule has 0 spiro atoms. The van der Waals surface area contributed by atoms with E-state index in [1.54, 1.807) is 25.4 Å². The maximum Gasteiger partial charge on any atom is 0.214 e. The van der Waals surface area contributed by atoms with Crippen LogP contribution in [-0.4, -0.2) is 30.2 Å². The number of methoxy groups -OCH3 is 1. The number of benzene rings is 1. The van der Waals surface area contributed by atoms with E-state index < -0.39 is 5.95 Å². The largest absolute Gasteiger partial charge is 0.495 e. The number of aromatic nitrogens is 2. The summed E-state index contributed by atoms with van der Waals surface area (Å²) < 4.78 is 19.2. The molecule has 7 heteroatoms. The van der Waals surface area contributed by atoms with Gasteiger partial charge in [-0.15, -0.1) is 0 Å². The van der Waals surface area contributed by atoms with E-state index in [1.807, 2.05) is 18.2 Å². The van der Waals surface area contributed by atoms with E-state index in [4.69, 9.17) is 4.74 Å². The predicted molar refractivity (Wildman–Crippen MR) is 97.2 cm³/mol. The van der Waals surface area contributed by atoms with Gasteiger partial charge in [-0.2, -0.15) is 4.39 Å². The molecule has 24 heavy (non-hydrogen) atoms. The smallest absolute Gasteiger partial charge is 0.214 e. The molecule has 124 valence electrons. The zero-order chi connectivity index (χ0) is 16.9. The molecule has 2 N–H and O–H groups in total. The third-order valence-electron chi connectivity index (χ3n) is 3.48. The van der Waals surface area contributed by atoms with Gasteiger partial charge in [0.2, 0.25) is 5.95 Å². The van der Waals surface area contributed by atoms with Crippen molar-refractivity contribution in [1.29, 1.82) is 0 Å². The first-order chi connectivity index (χ1) is 11.7. The summed E-state index contributed by atoms with van der Waals surface area (Å²) in [5.41, 5.74) is 1.82. The van der Waals surface area contributed by atoms with E-state index in [9.17, 15) is 4.39 Å². The van der Waals surface area contributed by atoms with Crippen LogP contribution in [0.3, 0.4) is 0 Å². The van der Waals surface area contributed by atoms with E-state index >= 15 is 0 Å². The lowest BCUT2D eigenvalue weighted by atomic mass is 10.2. The topological polar surface area (TPSA) is 59.1 Å². The molecule has 3 aromatic rings. The molecule has 0 saturated carbocycles. The average Bonchev–Trinajstić information content (AvgIpc) is 2.58. The van der Waals surface area contributed by atoms with Crippen molar-refractivity contribution < 1.29 is 9.13 Å². The van der Waals surface area contributed by atoms with E-state index in [2.05, 4.69) is 36.5 Å². The first kappa shape index (κ1) is 16.4. The first-order valence-corrected chi connectivity index (χ1v) is 8.19. The lowest BCUT2D eigenvalue weighted by molar-refractivity contribution is 0.412. The Balaban J connectivity index is 1.68. The second kappa shape index (κ2) is 7.44. The normalized spacial score (nSPS) is 10.6. The number of ether oxygens (including phenoxy) is 1. The fourth-order valence-electron chi connectivity index (χ4n) is 2.35. The molecule has 2 aromatic heterocycles. The van der Waals surface area contributed by atoms with Crippen LogP contribution in [0.15, 0.2) is 47.1 Å². The van der Waals surface area contributed by atoms with Gasteiger partial charge in [-0.1, -0.05) is 6.07 Å². The van der Waals surface area contributed by atoms with Gasteiger partial charge in [0.15, 0.2) is 0 Å². The third kappa shape index (κ3) is 3.73. The third-order valence-corrected chi connectivity index (χ3v) is 4.10. The molecule has 0 unspecified atom stereocenters. The van der Waals surface area contributed by atoms with Crippen LogP contribution in [0.4, 0.5) is 15.9 Å². The highest BCUT2D eigenvalue weighted by Gasteiger charge is 2.07. The Morgan fingerprint density at radius 2 is 2.00 bits per heavy atom. The van der Waals surface area contributed by atoms with Crippen molar-refractivity contribution in [2.75, 3.05) is 30.8 Å². The van der Waals surface area contributed by atoms with Gasteiger partial charge in [-0.25, -0.2) is 4.98 Å². The van der Waals surface area contributed by atoms with Crippen molar-refractivity contribution in [3.05, 3.63) is 53.0 Å². The Morgan fingerprint density at radius 1 is 1.17 bits per heavy atom. The van der Waals surface area contributed by atoms with Gasteiger partial charge in [0, 0.05) is 36.4 Å². The van der Waals surface area contributed by atoms with Crippen molar-refractivity contribution in [2.45, 2.75) is 0 Å². The summed E-state index contributed by atoms with van der Waals surface area (Å²) in [5.74, 6) is 0.766. The maximum absolute atomic E-state index is 13.0. The van der Waals surface area contributed by atoms with Gasteiger partial charge in [0.25, 0.3) is 0 Å². The van der Waals surface area contributed by atoms with E-state index in [0.29, 0.717) is 18.9 Å². The van der Waals surface area contributed by atoms with Crippen LogP contribution in [-0.2, 0) is 0 Å². The molecule has 1 aromatic carbocycles. The predicted octanol–water partition coefficient (Wildman–Crippen LogP) is 4.06. The summed E-state index contributed by atoms with van der Waals surface area (Å²) in [5, 5.41) is 7.42. The second-order valence-corrected chi connectivity index (χ2v) is 5.92. The van der Waals surface area contributed by atoms with Gasteiger partial charge in [-0.05, 0) is 40.2 Å². The summed E-state index contributed by atoms with van der Waals surface area (Å²) in [6.45, 7) is 1.26. The van der Waals surface area contributed by atoms with Gasteiger partial charge in [-0.3, -0.25) is 4.98 Å². The quantitative estimate of drug-likeness (QED) is 0.490. The Bertz CT molecular complexity index is 859. The van der Waals surface area contributed by atoms with E-state index in [0.717, 1.165) is 26.8 Å². The van der Waals surface area contributed by atoms with Crippen molar-refractivity contribution >= 4 is 38.3 Å². The Morgan fingerprint density at radius 3 is 2.79 bits per heavy atom. The molecular formula is C17H16BrFN4O. The van der Waals surface area contributed by atoms with Crippen LogP contribution in [0.5, 0.6) is 5.75 Å². The van der Waals surface area contributed by atoms with Gasteiger partial charge in [0.05, 0.1) is 17.1 Å². The highest BCUT2D eigenvalue weighted by atomic mass is 79.9. The Hall–Kier alpha value is -2.41. The molecule has 0 amide bonds. The average molecular weight is 391 g/mol. The van der Waals surface area contributed by atoms with Crippen molar-refractivity contribution in [3.63, 3.8) is 0 Å². The van der Waals surface area contributed by atoms with Gasteiger partial charge in [0.1, 0.15) is 11.6 Å². The minimum absolute atomic E-state index is 0.494. The van der Waals surface area contributed by atoms with E-state index in [1.165, 1.54) is 6.07 Å². The molecule has 0 bridgehead atoms. The molecule has 2 heterocycles. The molecule has 0 aliphatic rings. The van der Waals surface area contributed by atoms with Crippen molar-refractivity contribution in [3.8, 4) is 5.75 Å². The number of halogens is 2. The maximum atomic E-state index is 13.0. The summed E-state index contributed by atoms with van der Waals surface area (Å²) in [6.07, 6.45) is 1.75. The standard InChI is InChI=1S/C17H16BrFN4O/c1-24-15-10-14-11(9-12(15)18)13(5-6-20-14)21-7-8-22-17-4-2-3-16(19)23-17/h2-6,9-10H,7-8H2,1H3,(H,20,21)(H,22,23). The number of hydrogen-bond acceptors (Lipinski definition) is 5. The Labute approximate surface area is 147 Å². The molecular weight excluding hydrogens is 375 g/mol. The zero-order valence-electron chi connectivity index (χ0n) is 13.0. The summed E-state index contributed by atoms with van der Waals surface area (Å²) in [7, 11) is 1.63. The van der Waals surface area contributed by atoms with Crippen LogP contribution in [0.1, 0.15) is 0 Å². The van der Waals surface area contributed by atoms with Gasteiger partial charge >= 0.3 is 0 Å². The number of anilines is 2. The van der Waals surface area contributed by atoms with Crippen LogP contribution in [0.25, 0.3) is 10.9 Å². The molecule has 5 nitrogen and oxygen atoms in total. The lowest BCUT2D eigenvalue weighted by Crippen LogP contribution is -2.14. The van der Waals surface area contributed by atoms with Crippen molar-refractivity contribution in [2.24, 2.45) is 0 Å². The van der Waals surface area contributed by atoms with Crippen LogP contribution >= 0.6 is 15.9 Å². The van der Waals surface area contributed by atoms with E-state index in [-0.39, 0.29) is 0 Å². The van der Waals surface area contributed by atoms with Crippen LogP contribution in [0, 0.1) is 5.95 Å². The molecule has 0 aliphatic heterocycles. The highest BCUT2D eigenvalue weighted by Crippen LogP contribution is 2.32. The number of hydrogen-bond donors (Lipinski definition) is 2. The summed E-state index contributed by atoms with van der Waals surface area (Å²) in [6, 6.07) is 10.5. The second-order valence-electron chi connectivity index (χ2n) is 5.06. The molecule has 0 aliphatic carbocycles. The van der Waals surface area contributed by atoms with Gasteiger partial charge < -0.3 is 15.4 Å². The summed E-state index contributed by atoms with van der Waals surface area (Å²) >= 11 is 3.49. The lowest BCUT2D eigenvalue weighted by Gasteiger charge is -2.12. The summed E-state index contributed by atoms with van der Waals surface area (Å²) in [4.78, 5) is 8.13. The Kier molecular flexibility index (Phi) is 5.10. The highest BCUT2D eigenvalue weighted by molar-refractivity contribution is 9.10. The number of nitrogens with zero attached hydrogens (tertiary/aromatic N) is 2. The zero-order valence-corrected chi connectivity index (χ0v) is 14.6. The molecule has 0 saturated heterocycles. The first-order valence-electron chi connectivity index (χ1n) is 7.40. The fourth-order valence-corrected chi connectivity index (χ4v) is 2.86. The molecule has 3 rings (SSSR count).